The van der Waals surface area contributed by atoms with Gasteiger partial charge in [0.05, 0.1) is 22.2 Å². The van der Waals surface area contributed by atoms with Gasteiger partial charge < -0.3 is 10.1 Å². The van der Waals surface area contributed by atoms with Gasteiger partial charge in [-0.15, -0.1) is 0 Å². The lowest BCUT2D eigenvalue weighted by molar-refractivity contribution is -0.385. The highest BCUT2D eigenvalue weighted by molar-refractivity contribution is 5.54. The second-order valence-electron chi connectivity index (χ2n) is 6.62. The normalized spacial score (nSPS) is 23.6. The Kier molecular flexibility index (Phi) is 3.50. The van der Waals surface area contributed by atoms with E-state index < -0.39 is 0 Å². The third-order valence-corrected chi connectivity index (χ3v) is 3.81. The Hall–Kier alpha value is -1.62. The Labute approximate surface area is 119 Å². The number of rotatable bonds is 3. The zero-order valence-corrected chi connectivity index (χ0v) is 12.7. The molecule has 1 aliphatic heterocycles. The van der Waals surface area contributed by atoms with Crippen molar-refractivity contribution in [3.8, 4) is 0 Å². The van der Waals surface area contributed by atoms with E-state index in [4.69, 9.17) is 4.74 Å². The molecule has 5 nitrogen and oxygen atoms in total. The van der Waals surface area contributed by atoms with Crippen molar-refractivity contribution >= 4 is 11.4 Å². The van der Waals surface area contributed by atoms with E-state index in [2.05, 4.69) is 33.0 Å². The van der Waals surface area contributed by atoms with Crippen LogP contribution in [0.3, 0.4) is 0 Å². The molecule has 1 aromatic carbocycles. The summed E-state index contributed by atoms with van der Waals surface area (Å²) in [5.74, 6) is 0. The molecule has 2 rings (SSSR count). The molecule has 1 aliphatic rings. The number of nitrogens with one attached hydrogen (secondary N) is 1. The number of nitro groups is 1. The first kappa shape index (κ1) is 14.8. The lowest BCUT2D eigenvalue weighted by atomic mass is 9.94. The van der Waals surface area contributed by atoms with Crippen molar-refractivity contribution in [2.75, 3.05) is 5.32 Å². The molecule has 1 saturated heterocycles. The minimum absolute atomic E-state index is 0.151. The highest BCUT2D eigenvalue weighted by Gasteiger charge is 2.45. The summed E-state index contributed by atoms with van der Waals surface area (Å²) in [6, 6.07) is 5.30. The molecule has 0 saturated carbocycles. The van der Waals surface area contributed by atoms with E-state index in [0.29, 0.717) is 5.56 Å². The number of hydrogen-bond acceptors (Lipinski definition) is 4. The average Bonchev–Trinajstić information content (AvgIpc) is 2.45. The molecule has 0 aliphatic carbocycles. The Morgan fingerprint density at radius 2 is 2.00 bits per heavy atom. The fourth-order valence-corrected chi connectivity index (χ4v) is 2.94. The molecule has 1 aromatic rings. The third kappa shape index (κ3) is 2.93. The van der Waals surface area contributed by atoms with Crippen LogP contribution in [0.4, 0.5) is 11.4 Å². The molecule has 110 valence electrons. The smallest absolute Gasteiger partial charge is 0.272 e. The number of ether oxygens (including phenoxy) is 1. The van der Waals surface area contributed by atoms with E-state index in [1.807, 2.05) is 6.07 Å². The Morgan fingerprint density at radius 1 is 1.35 bits per heavy atom. The first-order chi connectivity index (χ1) is 9.11. The van der Waals surface area contributed by atoms with Gasteiger partial charge in [-0.05, 0) is 53.2 Å². The van der Waals surface area contributed by atoms with Crippen LogP contribution in [-0.4, -0.2) is 22.2 Å². The van der Waals surface area contributed by atoms with Crippen LogP contribution in [0.15, 0.2) is 18.2 Å². The van der Waals surface area contributed by atoms with E-state index >= 15 is 0 Å². The van der Waals surface area contributed by atoms with Gasteiger partial charge in [0.25, 0.3) is 5.69 Å². The molecule has 1 fully saturated rings. The molecular weight excluding hydrogens is 256 g/mol. The molecule has 1 atom stereocenters. The largest absolute Gasteiger partial charge is 0.379 e. The van der Waals surface area contributed by atoms with Crippen molar-refractivity contribution in [1.82, 2.24) is 0 Å². The fraction of sp³-hybridized carbons (Fsp3) is 0.600. The van der Waals surface area contributed by atoms with Crippen LogP contribution in [0.2, 0.25) is 0 Å². The second kappa shape index (κ2) is 4.74. The predicted octanol–water partition coefficient (Wildman–Crippen LogP) is 3.66. The summed E-state index contributed by atoms with van der Waals surface area (Å²) < 4.78 is 6.04. The van der Waals surface area contributed by atoms with Gasteiger partial charge in [0.1, 0.15) is 0 Å². The number of benzene rings is 1. The molecule has 0 radical (unpaired) electrons. The van der Waals surface area contributed by atoms with Crippen molar-refractivity contribution in [1.29, 1.82) is 0 Å². The maximum Gasteiger partial charge on any atom is 0.272 e. The molecule has 0 aromatic heterocycles. The molecule has 0 amide bonds. The highest BCUT2D eigenvalue weighted by atomic mass is 16.6. The van der Waals surface area contributed by atoms with Crippen molar-refractivity contribution in [3.05, 3.63) is 33.9 Å². The first-order valence-electron chi connectivity index (χ1n) is 6.82. The molecule has 1 heterocycles. The summed E-state index contributed by atoms with van der Waals surface area (Å²) >= 11 is 0. The number of hydrogen-bond donors (Lipinski definition) is 1. The lowest BCUT2D eigenvalue weighted by Gasteiger charge is -2.28. The maximum atomic E-state index is 10.8. The minimum Gasteiger partial charge on any atom is -0.379 e. The van der Waals surface area contributed by atoms with Gasteiger partial charge in [-0.1, -0.05) is 0 Å². The van der Waals surface area contributed by atoms with Gasteiger partial charge in [-0.2, -0.15) is 0 Å². The third-order valence-electron chi connectivity index (χ3n) is 3.81. The van der Waals surface area contributed by atoms with E-state index in [1.54, 1.807) is 19.1 Å². The highest BCUT2D eigenvalue weighted by Crippen LogP contribution is 2.39. The quantitative estimate of drug-likeness (QED) is 0.677. The van der Waals surface area contributed by atoms with Crippen LogP contribution in [-0.2, 0) is 4.74 Å². The van der Waals surface area contributed by atoms with E-state index in [1.165, 1.54) is 0 Å². The second-order valence-corrected chi connectivity index (χ2v) is 6.62. The fourth-order valence-electron chi connectivity index (χ4n) is 2.94. The predicted molar refractivity (Wildman–Crippen MR) is 79.1 cm³/mol. The molecule has 1 N–H and O–H groups in total. The number of anilines is 1. The summed E-state index contributed by atoms with van der Waals surface area (Å²) in [5.41, 5.74) is 1.29. The standard InChI is InChI=1S/C15H22N2O3/c1-10-8-11(6-7-12(10)17(18)19)16-13-9-14(2,3)20-15(13,4)5/h6-8,13,16H,9H2,1-5H3. The number of aryl methyl sites for hydroxylation is 1. The van der Waals surface area contributed by atoms with Gasteiger partial charge in [0, 0.05) is 17.3 Å². The summed E-state index contributed by atoms with van der Waals surface area (Å²) in [4.78, 5) is 10.5. The average molecular weight is 278 g/mol. The summed E-state index contributed by atoms with van der Waals surface area (Å²) in [6.07, 6.45) is 0.899. The first-order valence-corrected chi connectivity index (χ1v) is 6.82. The van der Waals surface area contributed by atoms with Gasteiger partial charge in [0.2, 0.25) is 0 Å². The number of nitrogens with zero attached hydrogens (tertiary/aromatic N) is 1. The molecule has 0 spiro atoms. The summed E-state index contributed by atoms with van der Waals surface area (Å²) in [5, 5.41) is 14.3. The zero-order chi connectivity index (χ0) is 15.1. The molecule has 1 unspecified atom stereocenters. The van der Waals surface area contributed by atoms with Crippen LogP contribution < -0.4 is 5.32 Å². The van der Waals surface area contributed by atoms with Crippen molar-refractivity contribution in [3.63, 3.8) is 0 Å². The Balaban J connectivity index is 2.19. The summed E-state index contributed by atoms with van der Waals surface area (Å²) in [6.45, 7) is 10.0. The van der Waals surface area contributed by atoms with Crippen LogP contribution in [0, 0.1) is 17.0 Å². The van der Waals surface area contributed by atoms with E-state index in [9.17, 15) is 10.1 Å². The van der Waals surface area contributed by atoms with E-state index in [-0.39, 0.29) is 27.9 Å². The van der Waals surface area contributed by atoms with Gasteiger partial charge in [-0.3, -0.25) is 10.1 Å². The van der Waals surface area contributed by atoms with Crippen LogP contribution in [0.1, 0.15) is 39.7 Å². The van der Waals surface area contributed by atoms with Gasteiger partial charge in [-0.25, -0.2) is 0 Å². The summed E-state index contributed by atoms with van der Waals surface area (Å²) in [7, 11) is 0. The Bertz CT molecular complexity index is 538. The van der Waals surface area contributed by atoms with E-state index in [0.717, 1.165) is 12.1 Å². The van der Waals surface area contributed by atoms with Crippen LogP contribution >= 0.6 is 0 Å². The topological polar surface area (TPSA) is 64.4 Å². The maximum absolute atomic E-state index is 10.8. The number of nitro benzene ring substituents is 1. The minimum atomic E-state index is -0.356. The molecule has 0 bridgehead atoms. The van der Waals surface area contributed by atoms with Gasteiger partial charge >= 0.3 is 0 Å². The SMILES string of the molecule is Cc1cc(NC2CC(C)(C)OC2(C)C)ccc1[N+](=O)[O-]. The molecule has 20 heavy (non-hydrogen) atoms. The zero-order valence-electron chi connectivity index (χ0n) is 12.7. The van der Waals surface area contributed by atoms with Crippen LogP contribution in [0.25, 0.3) is 0 Å². The van der Waals surface area contributed by atoms with Crippen molar-refractivity contribution in [2.45, 2.75) is 58.3 Å². The Morgan fingerprint density at radius 3 is 2.45 bits per heavy atom. The van der Waals surface area contributed by atoms with Crippen molar-refractivity contribution < 1.29 is 9.66 Å². The lowest BCUT2D eigenvalue weighted by Crippen LogP contribution is -2.38. The monoisotopic (exact) mass is 278 g/mol. The van der Waals surface area contributed by atoms with Crippen LogP contribution in [0.5, 0.6) is 0 Å². The van der Waals surface area contributed by atoms with Gasteiger partial charge in [0.15, 0.2) is 0 Å². The van der Waals surface area contributed by atoms with Crippen molar-refractivity contribution in [2.24, 2.45) is 0 Å². The molecular formula is C15H22N2O3. The molecule has 5 heteroatoms.